The van der Waals surface area contributed by atoms with Gasteiger partial charge < -0.3 is 24.4 Å². The highest BCUT2D eigenvalue weighted by atomic mass is 16.7. The molecule has 2 heterocycles. The summed E-state index contributed by atoms with van der Waals surface area (Å²) in [5.74, 6) is -3.11. The molecular formula is C19H25N3O10. The first-order valence-corrected chi connectivity index (χ1v) is 9.98. The molecule has 0 aliphatic carbocycles. The van der Waals surface area contributed by atoms with E-state index in [0.29, 0.717) is 5.06 Å². The standard InChI is InChI=1S/C19H25N3O10/c23-14(5-7-21-15(24)1-2-16(21)25)20-6-8-29-9-10-30-11-12-31-13-19(28)32-22-17(26)3-4-18(22)27/h1-2H,3-13H2,(H,20,23). The van der Waals surface area contributed by atoms with Crippen LogP contribution < -0.4 is 5.32 Å². The van der Waals surface area contributed by atoms with Gasteiger partial charge in [0.25, 0.3) is 23.6 Å². The highest BCUT2D eigenvalue weighted by Crippen LogP contribution is 2.12. The number of rotatable bonds is 15. The molecule has 2 aliphatic rings. The summed E-state index contributed by atoms with van der Waals surface area (Å²) in [5.41, 5.74) is 0. The molecule has 2 rings (SSSR count). The maximum atomic E-state index is 11.7. The molecule has 0 radical (unpaired) electrons. The van der Waals surface area contributed by atoms with E-state index < -0.39 is 36.2 Å². The first-order valence-electron chi connectivity index (χ1n) is 9.98. The highest BCUT2D eigenvalue weighted by molar-refractivity contribution is 6.13. The highest BCUT2D eigenvalue weighted by Gasteiger charge is 2.32. The second kappa shape index (κ2) is 13.3. The van der Waals surface area contributed by atoms with Gasteiger partial charge in [-0.15, -0.1) is 5.06 Å². The topological polar surface area (TPSA) is 158 Å². The molecular weight excluding hydrogens is 430 g/mol. The van der Waals surface area contributed by atoms with E-state index in [2.05, 4.69) is 10.2 Å². The molecule has 13 heteroatoms. The summed E-state index contributed by atoms with van der Waals surface area (Å²) in [6, 6.07) is 0. The summed E-state index contributed by atoms with van der Waals surface area (Å²) in [5, 5.41) is 3.07. The van der Waals surface area contributed by atoms with Crippen LogP contribution in [0.25, 0.3) is 0 Å². The van der Waals surface area contributed by atoms with Crippen molar-refractivity contribution in [2.75, 3.05) is 52.7 Å². The minimum absolute atomic E-state index is 0.0143. The van der Waals surface area contributed by atoms with Crippen molar-refractivity contribution < 1.29 is 47.8 Å². The van der Waals surface area contributed by atoms with Crippen LogP contribution in [-0.4, -0.2) is 98.2 Å². The smallest absolute Gasteiger partial charge is 0.358 e. The number of hydroxylamine groups is 2. The van der Waals surface area contributed by atoms with Crippen molar-refractivity contribution in [2.24, 2.45) is 0 Å². The molecule has 1 saturated heterocycles. The monoisotopic (exact) mass is 455 g/mol. The molecule has 0 spiro atoms. The SMILES string of the molecule is O=C(CCN1C(=O)C=CC1=O)NCCOCCOCCOCC(=O)ON1C(=O)CCC1=O. The first kappa shape index (κ1) is 25.1. The van der Waals surface area contributed by atoms with Crippen LogP contribution in [0, 0.1) is 0 Å². The van der Waals surface area contributed by atoms with E-state index in [-0.39, 0.29) is 71.3 Å². The van der Waals surface area contributed by atoms with Gasteiger partial charge in [0.2, 0.25) is 5.91 Å². The zero-order valence-corrected chi connectivity index (χ0v) is 17.4. The first-order chi connectivity index (χ1) is 15.4. The van der Waals surface area contributed by atoms with Gasteiger partial charge in [0, 0.05) is 44.5 Å². The van der Waals surface area contributed by atoms with Gasteiger partial charge in [-0.1, -0.05) is 0 Å². The molecule has 0 saturated carbocycles. The average molecular weight is 455 g/mol. The molecule has 1 N–H and O–H groups in total. The van der Waals surface area contributed by atoms with E-state index >= 15 is 0 Å². The van der Waals surface area contributed by atoms with Gasteiger partial charge >= 0.3 is 5.97 Å². The van der Waals surface area contributed by atoms with Crippen LogP contribution >= 0.6 is 0 Å². The number of hydrogen-bond donors (Lipinski definition) is 1. The van der Waals surface area contributed by atoms with Gasteiger partial charge in [-0.05, 0) is 0 Å². The Morgan fingerprint density at radius 3 is 2.03 bits per heavy atom. The predicted molar refractivity (Wildman–Crippen MR) is 103 cm³/mol. The Labute approximate surface area is 183 Å². The van der Waals surface area contributed by atoms with Crippen molar-refractivity contribution in [3.8, 4) is 0 Å². The fourth-order valence-corrected chi connectivity index (χ4v) is 2.60. The lowest BCUT2D eigenvalue weighted by molar-refractivity contribution is -0.200. The van der Waals surface area contributed by atoms with E-state index in [1.54, 1.807) is 0 Å². The molecule has 1 fully saturated rings. The third-order valence-electron chi connectivity index (χ3n) is 4.19. The van der Waals surface area contributed by atoms with Gasteiger partial charge in [0.1, 0.15) is 6.61 Å². The zero-order chi connectivity index (χ0) is 23.3. The Kier molecular flexibility index (Phi) is 10.4. The van der Waals surface area contributed by atoms with Crippen LogP contribution in [-0.2, 0) is 47.8 Å². The van der Waals surface area contributed by atoms with Crippen molar-refractivity contribution in [3.63, 3.8) is 0 Å². The molecule has 13 nitrogen and oxygen atoms in total. The largest absolute Gasteiger partial charge is 0.377 e. The van der Waals surface area contributed by atoms with E-state index in [1.165, 1.54) is 0 Å². The van der Waals surface area contributed by atoms with E-state index in [4.69, 9.17) is 14.2 Å². The lowest BCUT2D eigenvalue weighted by Gasteiger charge is -2.13. The van der Waals surface area contributed by atoms with Crippen molar-refractivity contribution >= 4 is 35.5 Å². The minimum Gasteiger partial charge on any atom is -0.377 e. The van der Waals surface area contributed by atoms with Crippen molar-refractivity contribution in [1.82, 2.24) is 15.3 Å². The van der Waals surface area contributed by atoms with Gasteiger partial charge in [-0.2, -0.15) is 0 Å². The summed E-state index contributed by atoms with van der Waals surface area (Å²) in [6.07, 6.45) is 2.39. The van der Waals surface area contributed by atoms with Crippen molar-refractivity contribution in [3.05, 3.63) is 12.2 Å². The van der Waals surface area contributed by atoms with Crippen LogP contribution in [0.1, 0.15) is 19.3 Å². The normalized spacial score (nSPS) is 15.8. The number of nitrogens with zero attached hydrogens (tertiary/aromatic N) is 2. The number of carbonyl (C=O) groups excluding carboxylic acids is 6. The van der Waals surface area contributed by atoms with Gasteiger partial charge in [-0.3, -0.25) is 28.9 Å². The number of hydrogen-bond acceptors (Lipinski definition) is 10. The lowest BCUT2D eigenvalue weighted by Crippen LogP contribution is -2.35. The zero-order valence-electron chi connectivity index (χ0n) is 17.4. The average Bonchev–Trinajstić information content (AvgIpc) is 3.25. The molecule has 5 amide bonds. The number of imide groups is 2. The third kappa shape index (κ3) is 8.53. The Bertz CT molecular complexity index is 732. The van der Waals surface area contributed by atoms with Crippen LogP contribution in [0.2, 0.25) is 0 Å². The molecule has 0 aromatic carbocycles. The third-order valence-corrected chi connectivity index (χ3v) is 4.19. The number of carbonyl (C=O) groups is 6. The van der Waals surface area contributed by atoms with E-state index in [1.807, 2.05) is 0 Å². The molecule has 32 heavy (non-hydrogen) atoms. The molecule has 2 aliphatic heterocycles. The molecule has 0 unspecified atom stereocenters. The number of ether oxygens (including phenoxy) is 3. The summed E-state index contributed by atoms with van der Waals surface area (Å²) in [7, 11) is 0. The molecule has 0 aromatic rings. The molecule has 176 valence electrons. The van der Waals surface area contributed by atoms with E-state index in [0.717, 1.165) is 17.1 Å². The molecule has 0 atom stereocenters. The van der Waals surface area contributed by atoms with Crippen LogP contribution in [0.4, 0.5) is 0 Å². The second-order valence-corrected chi connectivity index (χ2v) is 6.58. The summed E-state index contributed by atoms with van der Waals surface area (Å²) < 4.78 is 15.6. The number of nitrogens with one attached hydrogen (secondary N) is 1. The quantitative estimate of drug-likeness (QED) is 0.218. The van der Waals surface area contributed by atoms with Gasteiger partial charge in [0.15, 0.2) is 0 Å². The maximum Gasteiger partial charge on any atom is 0.358 e. The van der Waals surface area contributed by atoms with Gasteiger partial charge in [-0.25, -0.2) is 4.79 Å². The fourth-order valence-electron chi connectivity index (χ4n) is 2.60. The molecule has 0 aromatic heterocycles. The van der Waals surface area contributed by atoms with Crippen LogP contribution in [0.15, 0.2) is 12.2 Å². The molecule has 0 bridgehead atoms. The minimum atomic E-state index is -0.853. The fraction of sp³-hybridized carbons (Fsp3) is 0.579. The number of amides is 5. The Hall–Kier alpha value is -3.16. The van der Waals surface area contributed by atoms with Crippen molar-refractivity contribution in [1.29, 1.82) is 0 Å². The van der Waals surface area contributed by atoms with Crippen molar-refractivity contribution in [2.45, 2.75) is 19.3 Å². The van der Waals surface area contributed by atoms with Crippen LogP contribution in [0.3, 0.4) is 0 Å². The second-order valence-electron chi connectivity index (χ2n) is 6.58. The Balaban J connectivity index is 1.36. The Morgan fingerprint density at radius 2 is 1.41 bits per heavy atom. The lowest BCUT2D eigenvalue weighted by atomic mass is 10.3. The Morgan fingerprint density at radius 1 is 0.844 bits per heavy atom. The predicted octanol–water partition coefficient (Wildman–Crippen LogP) is -1.93. The van der Waals surface area contributed by atoms with Gasteiger partial charge in [0.05, 0.1) is 33.0 Å². The maximum absolute atomic E-state index is 11.7. The summed E-state index contributed by atoms with van der Waals surface area (Å²) in [6.45, 7) is 0.972. The van der Waals surface area contributed by atoms with Crippen LogP contribution in [0.5, 0.6) is 0 Å². The van der Waals surface area contributed by atoms with E-state index in [9.17, 15) is 28.8 Å². The summed E-state index contributed by atoms with van der Waals surface area (Å²) in [4.78, 5) is 74.1. The summed E-state index contributed by atoms with van der Waals surface area (Å²) >= 11 is 0.